The molecule has 2 rings (SSSR count). The number of rotatable bonds is 6. The molecule has 1 aliphatic carbocycles. The fraction of sp³-hybridized carbons (Fsp3) is 0.769. The van der Waals surface area contributed by atoms with Gasteiger partial charge in [0.15, 0.2) is 0 Å². The highest BCUT2D eigenvalue weighted by atomic mass is 15.3. The van der Waals surface area contributed by atoms with Crippen molar-refractivity contribution in [1.29, 1.82) is 0 Å². The highest BCUT2D eigenvalue weighted by molar-refractivity contribution is 5.38. The summed E-state index contributed by atoms with van der Waals surface area (Å²) < 4.78 is 1.98. The van der Waals surface area contributed by atoms with Gasteiger partial charge in [0.05, 0.1) is 5.69 Å². The quantitative estimate of drug-likeness (QED) is 0.800. The van der Waals surface area contributed by atoms with Crippen LogP contribution in [0.4, 0.5) is 5.82 Å². The summed E-state index contributed by atoms with van der Waals surface area (Å²) in [6, 6.07) is 2.84. The lowest BCUT2D eigenvalue weighted by Gasteiger charge is -2.18. The Kier molecular flexibility index (Phi) is 3.52. The molecule has 1 fully saturated rings. The Balaban J connectivity index is 2.02. The topological polar surface area (TPSA) is 29.9 Å². The minimum absolute atomic E-state index is 0.658. The van der Waals surface area contributed by atoms with E-state index < -0.39 is 0 Å². The molecule has 0 aliphatic heterocycles. The van der Waals surface area contributed by atoms with Crippen molar-refractivity contribution in [2.75, 3.05) is 5.32 Å². The van der Waals surface area contributed by atoms with Crippen molar-refractivity contribution in [2.24, 2.45) is 13.0 Å². The second kappa shape index (κ2) is 4.89. The molecule has 1 N–H and O–H groups in total. The molecule has 16 heavy (non-hydrogen) atoms. The van der Waals surface area contributed by atoms with E-state index >= 15 is 0 Å². The van der Waals surface area contributed by atoms with Gasteiger partial charge in [-0.15, -0.1) is 0 Å². The largest absolute Gasteiger partial charge is 0.367 e. The van der Waals surface area contributed by atoms with Gasteiger partial charge in [0.25, 0.3) is 0 Å². The Morgan fingerprint density at radius 3 is 2.75 bits per heavy atom. The summed E-state index contributed by atoms with van der Waals surface area (Å²) in [5.41, 5.74) is 1.18. The SMILES string of the molecule is CCCC(Nc1cc(CC)nn1C)C1CC1. The highest BCUT2D eigenvalue weighted by Crippen LogP contribution is 2.36. The van der Waals surface area contributed by atoms with Crippen molar-refractivity contribution in [3.63, 3.8) is 0 Å². The molecule has 1 aromatic heterocycles. The van der Waals surface area contributed by atoms with Crippen LogP contribution in [0, 0.1) is 5.92 Å². The predicted molar refractivity (Wildman–Crippen MR) is 67.6 cm³/mol. The van der Waals surface area contributed by atoms with E-state index in [0.29, 0.717) is 6.04 Å². The van der Waals surface area contributed by atoms with Crippen LogP contribution in [-0.2, 0) is 13.5 Å². The van der Waals surface area contributed by atoms with Crippen LogP contribution in [0.3, 0.4) is 0 Å². The second-order valence-electron chi connectivity index (χ2n) is 4.88. The molecule has 3 heteroatoms. The lowest BCUT2D eigenvalue weighted by Crippen LogP contribution is -2.23. The molecule has 1 atom stereocenters. The third-order valence-corrected chi connectivity index (χ3v) is 3.42. The molecule has 0 spiro atoms. The molecule has 1 saturated carbocycles. The van der Waals surface area contributed by atoms with Crippen LogP contribution in [0.1, 0.15) is 45.2 Å². The Hall–Kier alpha value is -0.990. The molecule has 3 nitrogen and oxygen atoms in total. The van der Waals surface area contributed by atoms with Crippen molar-refractivity contribution >= 4 is 5.82 Å². The van der Waals surface area contributed by atoms with Crippen molar-refractivity contribution in [2.45, 2.75) is 52.0 Å². The maximum Gasteiger partial charge on any atom is 0.124 e. The minimum Gasteiger partial charge on any atom is -0.367 e. The van der Waals surface area contributed by atoms with Crippen LogP contribution in [0.15, 0.2) is 6.07 Å². The number of anilines is 1. The van der Waals surface area contributed by atoms with Gasteiger partial charge in [0, 0.05) is 19.2 Å². The van der Waals surface area contributed by atoms with Crippen LogP contribution in [0.5, 0.6) is 0 Å². The molecule has 0 bridgehead atoms. The van der Waals surface area contributed by atoms with Gasteiger partial charge in [-0.05, 0) is 31.6 Å². The van der Waals surface area contributed by atoms with E-state index in [1.807, 2.05) is 11.7 Å². The van der Waals surface area contributed by atoms with Crippen molar-refractivity contribution in [1.82, 2.24) is 9.78 Å². The Morgan fingerprint density at radius 2 is 2.25 bits per heavy atom. The zero-order valence-corrected chi connectivity index (χ0v) is 10.7. The van der Waals surface area contributed by atoms with Gasteiger partial charge in [-0.25, -0.2) is 0 Å². The van der Waals surface area contributed by atoms with Gasteiger partial charge in [0.2, 0.25) is 0 Å². The van der Waals surface area contributed by atoms with Crippen LogP contribution in [0.25, 0.3) is 0 Å². The van der Waals surface area contributed by atoms with E-state index in [1.165, 1.54) is 37.2 Å². The van der Waals surface area contributed by atoms with Crippen LogP contribution >= 0.6 is 0 Å². The van der Waals surface area contributed by atoms with E-state index in [-0.39, 0.29) is 0 Å². The molecule has 0 saturated heterocycles. The van der Waals surface area contributed by atoms with Gasteiger partial charge in [0.1, 0.15) is 5.82 Å². The van der Waals surface area contributed by atoms with Gasteiger partial charge < -0.3 is 5.32 Å². The van der Waals surface area contributed by atoms with Gasteiger partial charge >= 0.3 is 0 Å². The number of hydrogen-bond donors (Lipinski definition) is 1. The first-order valence-corrected chi connectivity index (χ1v) is 6.54. The second-order valence-corrected chi connectivity index (χ2v) is 4.88. The maximum atomic E-state index is 4.48. The summed E-state index contributed by atoms with van der Waals surface area (Å²) in [5.74, 6) is 2.09. The summed E-state index contributed by atoms with van der Waals surface area (Å²) in [5, 5.41) is 8.14. The maximum absolute atomic E-state index is 4.48. The lowest BCUT2D eigenvalue weighted by atomic mass is 10.1. The molecule has 0 aromatic carbocycles. The van der Waals surface area contributed by atoms with E-state index in [2.05, 4.69) is 30.3 Å². The first kappa shape index (κ1) is 11.5. The molecule has 1 aromatic rings. The summed E-state index contributed by atoms with van der Waals surface area (Å²) in [4.78, 5) is 0. The van der Waals surface area contributed by atoms with Crippen LogP contribution in [-0.4, -0.2) is 15.8 Å². The van der Waals surface area contributed by atoms with Gasteiger partial charge in [-0.1, -0.05) is 20.3 Å². The van der Waals surface area contributed by atoms with Crippen LogP contribution < -0.4 is 5.32 Å². The normalized spacial score (nSPS) is 17.4. The Labute approximate surface area is 98.2 Å². The van der Waals surface area contributed by atoms with E-state index in [0.717, 1.165) is 12.3 Å². The molecule has 1 heterocycles. The van der Waals surface area contributed by atoms with Gasteiger partial charge in [-0.2, -0.15) is 5.10 Å². The Bertz CT molecular complexity index is 339. The van der Waals surface area contributed by atoms with Crippen molar-refractivity contribution in [3.8, 4) is 0 Å². The molecule has 1 aliphatic rings. The summed E-state index contributed by atoms with van der Waals surface area (Å²) in [6.07, 6.45) is 6.34. The van der Waals surface area contributed by atoms with Crippen molar-refractivity contribution in [3.05, 3.63) is 11.8 Å². The highest BCUT2D eigenvalue weighted by Gasteiger charge is 2.30. The standard InChI is InChI=1S/C13H23N3/c1-4-6-12(10-7-8-10)14-13-9-11(5-2)15-16(13)3/h9-10,12,14H,4-8H2,1-3H3. The first-order valence-electron chi connectivity index (χ1n) is 6.54. The number of hydrogen-bond acceptors (Lipinski definition) is 2. The zero-order chi connectivity index (χ0) is 11.5. The number of aromatic nitrogens is 2. The molecule has 1 unspecified atom stereocenters. The molecule has 0 amide bonds. The average molecular weight is 221 g/mol. The molecule has 90 valence electrons. The fourth-order valence-electron chi connectivity index (χ4n) is 2.26. The molecular formula is C13H23N3. The van der Waals surface area contributed by atoms with E-state index in [9.17, 15) is 0 Å². The summed E-state index contributed by atoms with van der Waals surface area (Å²) in [7, 11) is 2.03. The smallest absolute Gasteiger partial charge is 0.124 e. The Morgan fingerprint density at radius 1 is 1.50 bits per heavy atom. The summed E-state index contributed by atoms with van der Waals surface area (Å²) in [6.45, 7) is 4.41. The third kappa shape index (κ3) is 2.57. The first-order chi connectivity index (χ1) is 7.74. The van der Waals surface area contributed by atoms with Crippen molar-refractivity contribution < 1.29 is 0 Å². The fourth-order valence-corrected chi connectivity index (χ4v) is 2.26. The molecule has 0 radical (unpaired) electrons. The summed E-state index contributed by atoms with van der Waals surface area (Å²) >= 11 is 0. The van der Waals surface area contributed by atoms with Gasteiger partial charge in [-0.3, -0.25) is 4.68 Å². The average Bonchev–Trinajstić information content (AvgIpc) is 3.05. The number of aryl methyl sites for hydroxylation is 2. The minimum atomic E-state index is 0.658. The molecular weight excluding hydrogens is 198 g/mol. The van der Waals surface area contributed by atoms with E-state index in [4.69, 9.17) is 0 Å². The number of nitrogens with zero attached hydrogens (tertiary/aromatic N) is 2. The third-order valence-electron chi connectivity index (χ3n) is 3.42. The van der Waals surface area contributed by atoms with Crippen LogP contribution in [0.2, 0.25) is 0 Å². The predicted octanol–water partition coefficient (Wildman–Crippen LogP) is 2.97. The monoisotopic (exact) mass is 221 g/mol. The lowest BCUT2D eigenvalue weighted by molar-refractivity contribution is 0.569. The zero-order valence-electron chi connectivity index (χ0n) is 10.7. The number of nitrogens with one attached hydrogen (secondary N) is 1. The van der Waals surface area contributed by atoms with E-state index in [1.54, 1.807) is 0 Å².